The van der Waals surface area contributed by atoms with Gasteiger partial charge in [0.05, 0.1) is 18.5 Å². The van der Waals surface area contributed by atoms with Gasteiger partial charge in [-0.2, -0.15) is 0 Å². The quantitative estimate of drug-likeness (QED) is 0.755. The molecule has 104 valence electrons. The first-order valence-corrected chi connectivity index (χ1v) is 6.17. The van der Waals surface area contributed by atoms with Crippen molar-refractivity contribution in [1.82, 2.24) is 0 Å². The summed E-state index contributed by atoms with van der Waals surface area (Å²) in [6, 6.07) is 10.9. The number of anilines is 2. The fourth-order valence-electron chi connectivity index (χ4n) is 1.63. The summed E-state index contributed by atoms with van der Waals surface area (Å²) in [7, 11) is 1.52. The van der Waals surface area contributed by atoms with Crippen LogP contribution in [0.3, 0.4) is 0 Å². The first kappa shape index (κ1) is 14.0. The fourth-order valence-corrected chi connectivity index (χ4v) is 1.80. The van der Waals surface area contributed by atoms with E-state index in [9.17, 15) is 9.90 Å². The Balaban J connectivity index is 2.11. The molecule has 2 amide bonds. The van der Waals surface area contributed by atoms with Crippen LogP contribution in [-0.2, 0) is 0 Å². The molecule has 5 nitrogen and oxygen atoms in total. The van der Waals surface area contributed by atoms with Crippen molar-refractivity contribution < 1.29 is 14.6 Å². The van der Waals surface area contributed by atoms with Gasteiger partial charge in [-0.05, 0) is 30.3 Å². The second kappa shape index (κ2) is 6.16. The molecule has 20 heavy (non-hydrogen) atoms. The van der Waals surface area contributed by atoms with Gasteiger partial charge in [0.15, 0.2) is 0 Å². The fraction of sp³-hybridized carbons (Fsp3) is 0.0714. The van der Waals surface area contributed by atoms with Crippen LogP contribution in [-0.4, -0.2) is 18.2 Å². The summed E-state index contributed by atoms with van der Waals surface area (Å²) in [6.07, 6.45) is 0. The number of halogens is 1. The Morgan fingerprint density at radius 1 is 1.15 bits per heavy atom. The van der Waals surface area contributed by atoms with Crippen LogP contribution in [0, 0.1) is 0 Å². The Morgan fingerprint density at radius 3 is 2.60 bits per heavy atom. The predicted molar refractivity (Wildman–Crippen MR) is 78.8 cm³/mol. The number of phenolic OH excluding ortho intramolecular Hbond substituents is 1. The van der Waals surface area contributed by atoms with Crippen LogP contribution in [0.2, 0.25) is 5.02 Å². The number of ether oxygens (including phenoxy) is 1. The van der Waals surface area contributed by atoms with Crippen molar-refractivity contribution in [1.29, 1.82) is 0 Å². The van der Waals surface area contributed by atoms with Crippen LogP contribution in [0.15, 0.2) is 42.5 Å². The molecule has 0 aliphatic carbocycles. The number of benzene rings is 2. The third-order valence-corrected chi connectivity index (χ3v) is 2.80. The first-order chi connectivity index (χ1) is 9.60. The van der Waals surface area contributed by atoms with Gasteiger partial charge in [-0.3, -0.25) is 0 Å². The average Bonchev–Trinajstić information content (AvgIpc) is 2.43. The Hall–Kier alpha value is -2.40. The molecule has 2 rings (SSSR count). The van der Waals surface area contributed by atoms with Crippen molar-refractivity contribution in [2.24, 2.45) is 0 Å². The smallest absolute Gasteiger partial charge is 0.323 e. The van der Waals surface area contributed by atoms with E-state index in [1.165, 1.54) is 25.3 Å². The molecule has 0 saturated carbocycles. The van der Waals surface area contributed by atoms with E-state index >= 15 is 0 Å². The van der Waals surface area contributed by atoms with Gasteiger partial charge in [-0.1, -0.05) is 23.7 Å². The summed E-state index contributed by atoms with van der Waals surface area (Å²) >= 11 is 5.81. The van der Waals surface area contributed by atoms with Crippen LogP contribution in [0.1, 0.15) is 0 Å². The van der Waals surface area contributed by atoms with Crippen LogP contribution in [0.4, 0.5) is 16.2 Å². The number of urea groups is 1. The number of para-hydroxylation sites is 2. The molecular weight excluding hydrogens is 280 g/mol. The number of amides is 2. The third kappa shape index (κ3) is 3.33. The lowest BCUT2D eigenvalue weighted by Crippen LogP contribution is -2.19. The van der Waals surface area contributed by atoms with Crippen molar-refractivity contribution >= 4 is 29.0 Å². The maximum absolute atomic E-state index is 11.9. The van der Waals surface area contributed by atoms with Crippen molar-refractivity contribution in [3.05, 3.63) is 47.5 Å². The van der Waals surface area contributed by atoms with Crippen molar-refractivity contribution in [3.63, 3.8) is 0 Å². The number of carbonyl (C=O) groups is 1. The highest BCUT2D eigenvalue weighted by atomic mass is 35.5. The molecule has 2 aromatic rings. The molecule has 0 unspecified atom stereocenters. The summed E-state index contributed by atoms with van der Waals surface area (Å²) in [5, 5.41) is 15.2. The summed E-state index contributed by atoms with van der Waals surface area (Å²) in [4.78, 5) is 11.9. The van der Waals surface area contributed by atoms with E-state index in [1.807, 2.05) is 0 Å². The summed E-state index contributed by atoms with van der Waals surface area (Å²) in [5.74, 6) is 0.475. The maximum Gasteiger partial charge on any atom is 0.323 e. The van der Waals surface area contributed by atoms with E-state index in [0.29, 0.717) is 16.5 Å². The molecule has 0 aromatic heterocycles. The van der Waals surface area contributed by atoms with Gasteiger partial charge >= 0.3 is 6.03 Å². The van der Waals surface area contributed by atoms with E-state index < -0.39 is 6.03 Å². The maximum atomic E-state index is 11.9. The lowest BCUT2D eigenvalue weighted by Gasteiger charge is -2.11. The summed E-state index contributed by atoms with van der Waals surface area (Å²) < 4.78 is 5.13. The number of nitrogens with one attached hydrogen (secondary N) is 2. The number of rotatable bonds is 3. The lowest BCUT2D eigenvalue weighted by atomic mass is 10.3. The number of phenols is 1. The lowest BCUT2D eigenvalue weighted by molar-refractivity contribution is 0.262. The second-order valence-electron chi connectivity index (χ2n) is 3.94. The molecule has 0 radical (unpaired) electrons. The van der Waals surface area contributed by atoms with Crippen LogP contribution >= 0.6 is 11.6 Å². The molecule has 0 atom stereocenters. The van der Waals surface area contributed by atoms with Crippen LogP contribution < -0.4 is 15.4 Å². The number of methoxy groups -OCH3 is 1. The number of carbonyl (C=O) groups excluding carboxylic acids is 1. The van der Waals surface area contributed by atoms with E-state index in [2.05, 4.69) is 10.6 Å². The van der Waals surface area contributed by atoms with Crippen LogP contribution in [0.5, 0.6) is 11.5 Å². The standard InChI is InChI=1S/C14H13ClN2O3/c1-20-13-5-3-2-4-10(13)16-14(19)17-11-8-9(15)6-7-12(11)18/h2-8,18H,1H3,(H2,16,17,19). The van der Waals surface area contributed by atoms with Gasteiger partial charge < -0.3 is 20.5 Å². The van der Waals surface area contributed by atoms with Crippen LogP contribution in [0.25, 0.3) is 0 Å². The number of hydrogen-bond acceptors (Lipinski definition) is 3. The molecule has 3 N–H and O–H groups in total. The van der Waals surface area contributed by atoms with Crippen molar-refractivity contribution in [2.45, 2.75) is 0 Å². The topological polar surface area (TPSA) is 70.6 Å². The molecule has 0 fully saturated rings. The minimum Gasteiger partial charge on any atom is -0.506 e. The highest BCUT2D eigenvalue weighted by Gasteiger charge is 2.09. The normalized spacial score (nSPS) is 9.90. The molecule has 2 aromatic carbocycles. The Kier molecular flexibility index (Phi) is 4.32. The Bertz CT molecular complexity index is 632. The molecular formula is C14H13ClN2O3. The highest BCUT2D eigenvalue weighted by Crippen LogP contribution is 2.27. The van der Waals surface area contributed by atoms with Gasteiger partial charge in [0.1, 0.15) is 11.5 Å². The van der Waals surface area contributed by atoms with Crippen molar-refractivity contribution in [2.75, 3.05) is 17.7 Å². The molecule has 0 heterocycles. The first-order valence-electron chi connectivity index (χ1n) is 5.79. The van der Waals surface area contributed by atoms with Gasteiger partial charge in [-0.25, -0.2) is 4.79 Å². The number of aromatic hydroxyl groups is 1. The zero-order chi connectivity index (χ0) is 14.5. The molecule has 0 saturated heterocycles. The molecule has 6 heteroatoms. The molecule has 0 aliphatic heterocycles. The third-order valence-electron chi connectivity index (χ3n) is 2.56. The van der Waals surface area contributed by atoms with Gasteiger partial charge in [-0.15, -0.1) is 0 Å². The summed E-state index contributed by atoms with van der Waals surface area (Å²) in [6.45, 7) is 0. The minimum atomic E-state index is -0.507. The SMILES string of the molecule is COc1ccccc1NC(=O)Nc1cc(Cl)ccc1O. The minimum absolute atomic E-state index is 0.0652. The number of hydrogen-bond donors (Lipinski definition) is 3. The van der Waals surface area contributed by atoms with E-state index in [0.717, 1.165) is 0 Å². The van der Waals surface area contributed by atoms with Gasteiger partial charge in [0, 0.05) is 5.02 Å². The average molecular weight is 293 g/mol. The Morgan fingerprint density at radius 2 is 1.85 bits per heavy atom. The monoisotopic (exact) mass is 292 g/mol. The Labute approximate surface area is 121 Å². The van der Waals surface area contributed by atoms with Crippen molar-refractivity contribution in [3.8, 4) is 11.5 Å². The predicted octanol–water partition coefficient (Wildman–Crippen LogP) is 3.70. The van der Waals surface area contributed by atoms with E-state index in [4.69, 9.17) is 16.3 Å². The zero-order valence-corrected chi connectivity index (χ0v) is 11.4. The van der Waals surface area contributed by atoms with E-state index in [-0.39, 0.29) is 11.4 Å². The molecule has 0 bridgehead atoms. The summed E-state index contributed by atoms with van der Waals surface area (Å²) in [5.41, 5.74) is 0.749. The highest BCUT2D eigenvalue weighted by molar-refractivity contribution is 6.31. The molecule has 0 spiro atoms. The van der Waals surface area contributed by atoms with Gasteiger partial charge in [0.25, 0.3) is 0 Å². The zero-order valence-electron chi connectivity index (χ0n) is 10.7. The second-order valence-corrected chi connectivity index (χ2v) is 4.38. The van der Waals surface area contributed by atoms with E-state index in [1.54, 1.807) is 24.3 Å². The molecule has 0 aliphatic rings. The van der Waals surface area contributed by atoms with Gasteiger partial charge in [0.2, 0.25) is 0 Å². The largest absolute Gasteiger partial charge is 0.506 e.